The van der Waals surface area contributed by atoms with Gasteiger partial charge in [-0.15, -0.1) is 34.4 Å². The smallest absolute Gasteiger partial charge is 0.239 e. The number of thioether (sulfide) groups is 1. The van der Waals surface area contributed by atoms with E-state index in [9.17, 15) is 9.59 Å². The molecule has 2 aromatic heterocycles. The third-order valence-electron chi connectivity index (χ3n) is 4.54. The highest BCUT2D eigenvalue weighted by atomic mass is 32.2. The standard InChI is InChI=1S/C24H21N3O2S3/c1-16(23(29)27-24-26-20(15-31-24)21-8-5-13-30-21)32-19-11-9-18(10-12-19)25-22(28)14-17-6-3-2-4-7-17/h2-13,15-16H,14H2,1H3,(H,25,28)(H,26,27,29). The Morgan fingerprint density at radius 1 is 0.969 bits per heavy atom. The Labute approximate surface area is 198 Å². The first-order valence-electron chi connectivity index (χ1n) is 9.97. The molecule has 0 bridgehead atoms. The molecule has 1 atom stereocenters. The quantitative estimate of drug-likeness (QED) is 0.296. The molecule has 0 aliphatic heterocycles. The summed E-state index contributed by atoms with van der Waals surface area (Å²) in [7, 11) is 0. The molecular weight excluding hydrogens is 458 g/mol. The molecule has 4 aromatic rings. The predicted molar refractivity (Wildman–Crippen MR) is 135 cm³/mol. The molecule has 0 aliphatic carbocycles. The number of hydrogen-bond donors (Lipinski definition) is 2. The van der Waals surface area contributed by atoms with Gasteiger partial charge in [-0.3, -0.25) is 9.59 Å². The van der Waals surface area contributed by atoms with E-state index in [1.165, 1.54) is 23.1 Å². The zero-order valence-electron chi connectivity index (χ0n) is 17.3. The second-order valence-electron chi connectivity index (χ2n) is 7.00. The number of thiazole rings is 1. The minimum atomic E-state index is -0.289. The number of carbonyl (C=O) groups is 2. The minimum absolute atomic E-state index is 0.0604. The molecule has 5 nitrogen and oxygen atoms in total. The van der Waals surface area contributed by atoms with Crippen LogP contribution < -0.4 is 10.6 Å². The lowest BCUT2D eigenvalue weighted by Crippen LogP contribution is -2.22. The number of amides is 2. The van der Waals surface area contributed by atoms with Crippen molar-refractivity contribution in [3.8, 4) is 10.6 Å². The molecule has 0 fully saturated rings. The van der Waals surface area contributed by atoms with Crippen LogP contribution in [0.5, 0.6) is 0 Å². The Hall–Kier alpha value is -2.94. The monoisotopic (exact) mass is 479 g/mol. The topological polar surface area (TPSA) is 71.1 Å². The number of rotatable bonds is 8. The number of nitrogens with one attached hydrogen (secondary N) is 2. The molecule has 2 heterocycles. The molecule has 0 saturated carbocycles. The minimum Gasteiger partial charge on any atom is -0.326 e. The van der Waals surface area contributed by atoms with Crippen LogP contribution in [-0.2, 0) is 16.0 Å². The van der Waals surface area contributed by atoms with E-state index in [2.05, 4.69) is 15.6 Å². The number of anilines is 2. The number of carbonyl (C=O) groups excluding carboxylic acids is 2. The second-order valence-corrected chi connectivity index (χ2v) is 10.2. The van der Waals surface area contributed by atoms with Crippen LogP contribution in [0.4, 0.5) is 10.8 Å². The molecule has 2 amide bonds. The van der Waals surface area contributed by atoms with Gasteiger partial charge < -0.3 is 10.6 Å². The average Bonchev–Trinajstić information content (AvgIpc) is 3.48. The van der Waals surface area contributed by atoms with Crippen molar-refractivity contribution in [1.29, 1.82) is 0 Å². The van der Waals surface area contributed by atoms with E-state index in [4.69, 9.17) is 0 Å². The fraction of sp³-hybridized carbons (Fsp3) is 0.125. The zero-order valence-corrected chi connectivity index (χ0v) is 19.7. The Kier molecular flexibility index (Phi) is 7.36. The summed E-state index contributed by atoms with van der Waals surface area (Å²) >= 11 is 4.50. The van der Waals surface area contributed by atoms with Gasteiger partial charge in [0.2, 0.25) is 11.8 Å². The summed E-state index contributed by atoms with van der Waals surface area (Å²) in [6, 6.07) is 21.1. The van der Waals surface area contributed by atoms with E-state index < -0.39 is 0 Å². The van der Waals surface area contributed by atoms with Gasteiger partial charge in [0.15, 0.2) is 5.13 Å². The van der Waals surface area contributed by atoms with E-state index in [1.807, 2.05) is 84.4 Å². The largest absolute Gasteiger partial charge is 0.326 e. The highest BCUT2D eigenvalue weighted by molar-refractivity contribution is 8.00. The molecule has 2 aromatic carbocycles. The molecule has 0 spiro atoms. The van der Waals surface area contributed by atoms with Crippen LogP contribution in [0.15, 0.2) is 82.4 Å². The lowest BCUT2D eigenvalue weighted by molar-refractivity contribution is -0.116. The summed E-state index contributed by atoms with van der Waals surface area (Å²) in [5, 5.41) is 10.1. The zero-order chi connectivity index (χ0) is 22.3. The first kappa shape index (κ1) is 22.3. The van der Waals surface area contributed by atoms with E-state index in [-0.39, 0.29) is 17.1 Å². The van der Waals surface area contributed by atoms with Crippen LogP contribution in [0.1, 0.15) is 12.5 Å². The molecule has 0 radical (unpaired) electrons. The molecule has 32 heavy (non-hydrogen) atoms. The van der Waals surface area contributed by atoms with Gasteiger partial charge in [0.05, 0.1) is 22.2 Å². The Bertz CT molecular complexity index is 1170. The van der Waals surface area contributed by atoms with Crippen molar-refractivity contribution in [2.45, 2.75) is 23.5 Å². The van der Waals surface area contributed by atoms with Crippen molar-refractivity contribution in [3.63, 3.8) is 0 Å². The van der Waals surface area contributed by atoms with Gasteiger partial charge in [-0.05, 0) is 48.2 Å². The van der Waals surface area contributed by atoms with Crippen LogP contribution in [0.2, 0.25) is 0 Å². The first-order valence-corrected chi connectivity index (χ1v) is 12.6. The molecule has 162 valence electrons. The number of benzene rings is 2. The Balaban J connectivity index is 1.28. The van der Waals surface area contributed by atoms with E-state index in [0.29, 0.717) is 11.6 Å². The van der Waals surface area contributed by atoms with E-state index in [0.717, 1.165) is 26.7 Å². The third kappa shape index (κ3) is 6.06. The van der Waals surface area contributed by atoms with Crippen LogP contribution in [-0.4, -0.2) is 22.0 Å². The van der Waals surface area contributed by atoms with Crippen molar-refractivity contribution in [3.05, 3.63) is 83.1 Å². The number of thiophene rings is 1. The lowest BCUT2D eigenvalue weighted by Gasteiger charge is -2.11. The molecule has 8 heteroatoms. The van der Waals surface area contributed by atoms with Gasteiger partial charge in [-0.1, -0.05) is 36.4 Å². The van der Waals surface area contributed by atoms with E-state index in [1.54, 1.807) is 11.3 Å². The second kappa shape index (κ2) is 10.6. The number of hydrogen-bond acceptors (Lipinski definition) is 6. The average molecular weight is 480 g/mol. The predicted octanol–water partition coefficient (Wildman–Crippen LogP) is 6.17. The third-order valence-corrected chi connectivity index (χ3v) is 7.30. The number of nitrogens with zero attached hydrogens (tertiary/aromatic N) is 1. The molecule has 4 rings (SSSR count). The van der Waals surface area contributed by atoms with Gasteiger partial charge in [-0.25, -0.2) is 4.98 Å². The first-order chi connectivity index (χ1) is 15.6. The van der Waals surface area contributed by atoms with Crippen molar-refractivity contribution < 1.29 is 9.59 Å². The van der Waals surface area contributed by atoms with Gasteiger partial charge in [0.25, 0.3) is 0 Å². The van der Waals surface area contributed by atoms with E-state index >= 15 is 0 Å². The molecule has 0 saturated heterocycles. The normalized spacial score (nSPS) is 11.7. The number of aromatic nitrogens is 1. The Morgan fingerprint density at radius 3 is 2.47 bits per heavy atom. The maximum absolute atomic E-state index is 12.6. The van der Waals surface area contributed by atoms with Crippen molar-refractivity contribution in [2.75, 3.05) is 10.6 Å². The highest BCUT2D eigenvalue weighted by Gasteiger charge is 2.17. The summed E-state index contributed by atoms with van der Waals surface area (Å²) < 4.78 is 0. The van der Waals surface area contributed by atoms with Gasteiger partial charge >= 0.3 is 0 Å². The van der Waals surface area contributed by atoms with Gasteiger partial charge in [0.1, 0.15) is 0 Å². The summed E-state index contributed by atoms with van der Waals surface area (Å²) in [6.07, 6.45) is 0.333. The Morgan fingerprint density at radius 2 is 1.75 bits per heavy atom. The van der Waals surface area contributed by atoms with Crippen LogP contribution >= 0.6 is 34.4 Å². The summed E-state index contributed by atoms with van der Waals surface area (Å²) in [4.78, 5) is 31.3. The van der Waals surface area contributed by atoms with Gasteiger partial charge in [-0.2, -0.15) is 0 Å². The van der Waals surface area contributed by atoms with Crippen molar-refractivity contribution in [2.24, 2.45) is 0 Å². The maximum atomic E-state index is 12.6. The van der Waals surface area contributed by atoms with Crippen molar-refractivity contribution in [1.82, 2.24) is 4.98 Å². The SMILES string of the molecule is CC(Sc1ccc(NC(=O)Cc2ccccc2)cc1)C(=O)Nc1nc(-c2cccs2)cs1. The van der Waals surface area contributed by atoms with Crippen LogP contribution in [0, 0.1) is 0 Å². The highest BCUT2D eigenvalue weighted by Crippen LogP contribution is 2.30. The van der Waals surface area contributed by atoms with Gasteiger partial charge in [0, 0.05) is 16.0 Å². The molecule has 0 aliphatic rings. The van der Waals surface area contributed by atoms with Crippen molar-refractivity contribution >= 4 is 57.1 Å². The fourth-order valence-electron chi connectivity index (χ4n) is 2.94. The van der Waals surface area contributed by atoms with Crippen LogP contribution in [0.3, 0.4) is 0 Å². The van der Waals surface area contributed by atoms with Crippen LogP contribution in [0.25, 0.3) is 10.6 Å². The molecule has 1 unspecified atom stereocenters. The summed E-state index contributed by atoms with van der Waals surface area (Å²) in [6.45, 7) is 1.86. The maximum Gasteiger partial charge on any atom is 0.239 e. The summed E-state index contributed by atoms with van der Waals surface area (Å²) in [5.74, 6) is -0.156. The summed E-state index contributed by atoms with van der Waals surface area (Å²) in [5.41, 5.74) is 2.58. The molecule has 2 N–H and O–H groups in total. The molecular formula is C24H21N3O2S3. The lowest BCUT2D eigenvalue weighted by atomic mass is 10.1. The fourth-order valence-corrected chi connectivity index (χ4v) is 5.28.